The van der Waals surface area contributed by atoms with Crippen molar-refractivity contribution in [1.29, 1.82) is 0 Å². The Labute approximate surface area is 98.2 Å². The van der Waals surface area contributed by atoms with E-state index in [1.54, 1.807) is 14.2 Å². The molecule has 1 aromatic heterocycles. The van der Waals surface area contributed by atoms with Crippen LogP contribution in [0.1, 0.15) is 12.1 Å². The summed E-state index contributed by atoms with van der Waals surface area (Å²) in [6.45, 7) is 0.748. The molecule has 84 valence electrons. The van der Waals surface area contributed by atoms with Crippen LogP contribution in [0.2, 0.25) is 0 Å². The molecule has 0 radical (unpaired) electrons. The van der Waals surface area contributed by atoms with E-state index in [-0.39, 0.29) is 0 Å². The summed E-state index contributed by atoms with van der Waals surface area (Å²) in [6.07, 6.45) is 3.33. The number of ether oxygens (including phenoxy) is 2. The number of rotatable bonds is 6. The Bertz CT molecular complexity index is 297. The van der Waals surface area contributed by atoms with E-state index < -0.39 is 0 Å². The third kappa shape index (κ3) is 4.57. The lowest BCUT2D eigenvalue weighted by molar-refractivity contribution is 0.194. The fourth-order valence-corrected chi connectivity index (χ4v) is 1.69. The number of alkyl halides is 1. The maximum Gasteiger partial charge on any atom is 0.216 e. The Morgan fingerprint density at radius 1 is 1.40 bits per heavy atom. The van der Waals surface area contributed by atoms with Gasteiger partial charge >= 0.3 is 0 Å². The maximum absolute atomic E-state index is 5.03. The molecule has 1 unspecified atom stereocenters. The smallest absolute Gasteiger partial charge is 0.216 e. The second-order valence-electron chi connectivity index (χ2n) is 3.13. The van der Waals surface area contributed by atoms with Crippen LogP contribution in [-0.4, -0.2) is 35.6 Å². The molecule has 0 amide bonds. The number of hydrogen-bond donors (Lipinski definition) is 0. The molecule has 0 N–H and O–H groups in total. The van der Waals surface area contributed by atoms with Gasteiger partial charge in [0.2, 0.25) is 5.88 Å². The third-order valence-electron chi connectivity index (χ3n) is 1.97. The van der Waals surface area contributed by atoms with Crippen LogP contribution in [0.4, 0.5) is 0 Å². The number of halogens is 1. The van der Waals surface area contributed by atoms with Gasteiger partial charge in [-0.2, -0.15) is 0 Å². The lowest BCUT2D eigenvalue weighted by atomic mass is 10.2. The van der Waals surface area contributed by atoms with Crippen LogP contribution in [0.3, 0.4) is 0 Å². The summed E-state index contributed by atoms with van der Waals surface area (Å²) >= 11 is 3.58. The van der Waals surface area contributed by atoms with Gasteiger partial charge in [-0.3, -0.25) is 0 Å². The predicted octanol–water partition coefficient (Wildman–Crippen LogP) is 1.83. The van der Waals surface area contributed by atoms with Crippen LogP contribution in [0.5, 0.6) is 5.88 Å². The average Bonchev–Trinajstić information content (AvgIpc) is 2.26. The summed E-state index contributed by atoms with van der Waals surface area (Å²) in [5, 5.41) is 0. The van der Waals surface area contributed by atoms with Crippen molar-refractivity contribution in [2.45, 2.75) is 17.7 Å². The third-order valence-corrected chi connectivity index (χ3v) is 2.76. The zero-order chi connectivity index (χ0) is 11.1. The van der Waals surface area contributed by atoms with E-state index in [1.807, 2.05) is 6.07 Å². The van der Waals surface area contributed by atoms with Gasteiger partial charge in [0.1, 0.15) is 6.33 Å². The van der Waals surface area contributed by atoms with Gasteiger partial charge in [-0.1, -0.05) is 15.9 Å². The predicted molar refractivity (Wildman–Crippen MR) is 61.5 cm³/mol. The largest absolute Gasteiger partial charge is 0.481 e. The second-order valence-corrected chi connectivity index (χ2v) is 4.43. The number of hydrogen-bond acceptors (Lipinski definition) is 4. The minimum absolute atomic E-state index is 0.372. The van der Waals surface area contributed by atoms with Crippen molar-refractivity contribution in [2.24, 2.45) is 0 Å². The average molecular weight is 275 g/mol. The van der Waals surface area contributed by atoms with Gasteiger partial charge in [0.25, 0.3) is 0 Å². The lowest BCUT2D eigenvalue weighted by Gasteiger charge is -2.08. The first kappa shape index (κ1) is 12.4. The Kier molecular flexibility index (Phi) is 5.57. The first-order valence-electron chi connectivity index (χ1n) is 4.74. The molecule has 1 heterocycles. The van der Waals surface area contributed by atoms with Gasteiger partial charge in [-0.05, 0) is 6.42 Å². The maximum atomic E-state index is 5.03. The van der Waals surface area contributed by atoms with E-state index in [9.17, 15) is 0 Å². The highest BCUT2D eigenvalue weighted by molar-refractivity contribution is 9.09. The number of nitrogens with zero attached hydrogens (tertiary/aromatic N) is 2. The van der Waals surface area contributed by atoms with E-state index in [1.165, 1.54) is 6.33 Å². The highest BCUT2D eigenvalue weighted by atomic mass is 79.9. The summed E-state index contributed by atoms with van der Waals surface area (Å²) in [6, 6.07) is 1.85. The summed E-state index contributed by atoms with van der Waals surface area (Å²) < 4.78 is 10.0. The van der Waals surface area contributed by atoms with Crippen LogP contribution in [0.25, 0.3) is 0 Å². The SMILES string of the molecule is COCCC(Br)Cc1cc(OC)ncn1. The molecule has 1 atom stereocenters. The first-order valence-corrected chi connectivity index (χ1v) is 5.65. The minimum atomic E-state index is 0.372. The molecule has 1 aromatic rings. The Hall–Kier alpha value is -0.680. The molecule has 0 fully saturated rings. The van der Waals surface area contributed by atoms with Crippen LogP contribution in [-0.2, 0) is 11.2 Å². The summed E-state index contributed by atoms with van der Waals surface area (Å²) in [4.78, 5) is 8.50. The molecule has 0 aliphatic rings. The van der Waals surface area contributed by atoms with Crippen molar-refractivity contribution in [3.63, 3.8) is 0 Å². The standard InChI is InChI=1S/C10H15BrN2O2/c1-14-4-3-8(11)5-9-6-10(15-2)13-7-12-9/h6-8H,3-5H2,1-2H3. The van der Waals surface area contributed by atoms with Gasteiger partial charge in [0.05, 0.1) is 7.11 Å². The Balaban J connectivity index is 2.48. The van der Waals surface area contributed by atoms with Gasteiger partial charge in [0.15, 0.2) is 0 Å². The van der Waals surface area contributed by atoms with Crippen LogP contribution in [0.15, 0.2) is 12.4 Å². The molecule has 4 nitrogen and oxygen atoms in total. The van der Waals surface area contributed by atoms with Crippen molar-refractivity contribution in [2.75, 3.05) is 20.8 Å². The van der Waals surface area contributed by atoms with Gasteiger partial charge in [-0.25, -0.2) is 9.97 Å². The zero-order valence-electron chi connectivity index (χ0n) is 8.94. The summed E-state index contributed by atoms with van der Waals surface area (Å²) in [7, 11) is 3.30. The molecule has 0 aromatic carbocycles. The van der Waals surface area contributed by atoms with E-state index >= 15 is 0 Å². The normalized spacial score (nSPS) is 12.5. The molecular weight excluding hydrogens is 260 g/mol. The topological polar surface area (TPSA) is 44.2 Å². The molecule has 0 aliphatic heterocycles. The molecule has 5 heteroatoms. The highest BCUT2D eigenvalue weighted by Crippen LogP contribution is 2.14. The summed E-state index contributed by atoms with van der Waals surface area (Å²) in [5.41, 5.74) is 0.972. The van der Waals surface area contributed by atoms with Crippen molar-refractivity contribution in [3.05, 3.63) is 18.1 Å². The van der Waals surface area contributed by atoms with Crippen LogP contribution in [0, 0.1) is 0 Å². The van der Waals surface area contributed by atoms with E-state index in [2.05, 4.69) is 25.9 Å². The van der Waals surface area contributed by atoms with Crippen molar-refractivity contribution >= 4 is 15.9 Å². The van der Waals surface area contributed by atoms with Gasteiger partial charge < -0.3 is 9.47 Å². The van der Waals surface area contributed by atoms with Crippen LogP contribution < -0.4 is 4.74 Å². The second kappa shape index (κ2) is 6.74. The number of methoxy groups -OCH3 is 2. The molecule has 0 saturated carbocycles. The molecule has 1 rings (SSSR count). The molecule has 0 aliphatic carbocycles. The summed E-state index contributed by atoms with van der Waals surface area (Å²) in [5.74, 6) is 0.603. The molecule has 15 heavy (non-hydrogen) atoms. The van der Waals surface area contributed by atoms with E-state index in [0.29, 0.717) is 10.7 Å². The lowest BCUT2D eigenvalue weighted by Crippen LogP contribution is -2.08. The highest BCUT2D eigenvalue weighted by Gasteiger charge is 2.07. The molecule has 0 bridgehead atoms. The first-order chi connectivity index (χ1) is 7.26. The number of aromatic nitrogens is 2. The van der Waals surface area contributed by atoms with Crippen molar-refractivity contribution in [1.82, 2.24) is 9.97 Å². The van der Waals surface area contributed by atoms with E-state index in [0.717, 1.165) is 25.1 Å². The van der Waals surface area contributed by atoms with E-state index in [4.69, 9.17) is 9.47 Å². The minimum Gasteiger partial charge on any atom is -0.481 e. The zero-order valence-corrected chi connectivity index (χ0v) is 10.5. The van der Waals surface area contributed by atoms with Crippen molar-refractivity contribution < 1.29 is 9.47 Å². The molecule has 0 spiro atoms. The Morgan fingerprint density at radius 2 is 2.20 bits per heavy atom. The fraction of sp³-hybridized carbons (Fsp3) is 0.600. The molecular formula is C10H15BrN2O2. The fourth-order valence-electron chi connectivity index (χ4n) is 1.17. The quantitative estimate of drug-likeness (QED) is 0.743. The van der Waals surface area contributed by atoms with Gasteiger partial charge in [-0.15, -0.1) is 0 Å². The van der Waals surface area contributed by atoms with Crippen LogP contribution >= 0.6 is 15.9 Å². The van der Waals surface area contributed by atoms with Crippen molar-refractivity contribution in [3.8, 4) is 5.88 Å². The monoisotopic (exact) mass is 274 g/mol. The molecule has 0 saturated heterocycles. The Morgan fingerprint density at radius 3 is 2.87 bits per heavy atom. The van der Waals surface area contributed by atoms with Gasteiger partial charge in [0, 0.05) is 36.7 Å².